The zero-order valence-electron chi connectivity index (χ0n) is 12.1. The average molecular weight is 282 g/mol. The van der Waals surface area contributed by atoms with Crippen LogP contribution in [0.4, 0.5) is 0 Å². The molecular weight excluding hydrogens is 268 g/mol. The summed E-state index contributed by atoms with van der Waals surface area (Å²) < 4.78 is 0. The normalized spacial score (nSPS) is 31.3. The fourth-order valence-electron chi connectivity index (χ4n) is 4.11. The van der Waals surface area contributed by atoms with Gasteiger partial charge >= 0.3 is 5.97 Å². The van der Waals surface area contributed by atoms with E-state index in [-0.39, 0.29) is 11.4 Å². The molecule has 3 rings (SSSR count). The minimum atomic E-state index is -1.14. The van der Waals surface area contributed by atoms with E-state index < -0.39 is 22.2 Å². The minimum absolute atomic E-state index is 0.0265. The molecule has 21 heavy (non-hydrogen) atoms. The first-order valence-electron chi connectivity index (χ1n) is 6.73. The third-order valence-corrected chi connectivity index (χ3v) is 5.85. The summed E-state index contributed by atoms with van der Waals surface area (Å²) >= 11 is 0. The quantitative estimate of drug-likeness (QED) is 0.838. The Morgan fingerprint density at radius 2 is 1.62 bits per heavy atom. The minimum Gasteiger partial charge on any atom is -0.481 e. The van der Waals surface area contributed by atoms with Crippen LogP contribution in [0.5, 0.6) is 0 Å². The Balaban J connectivity index is 2.44. The number of nitrogens with zero attached hydrogens (tertiary/aromatic N) is 4. The molecule has 6 heteroatoms. The van der Waals surface area contributed by atoms with Crippen molar-refractivity contribution in [2.75, 3.05) is 0 Å². The molecule has 1 N–H and O–H groups in total. The molecule has 0 amide bonds. The SMILES string of the molecule is CC1(C)[C@]2(C)CC[C@@]1(C(=O)O)c1nc(C#N)c(C#N)nc12. The molecule has 1 aromatic heterocycles. The molecule has 0 saturated heterocycles. The molecule has 6 nitrogen and oxygen atoms in total. The summed E-state index contributed by atoms with van der Waals surface area (Å²) in [7, 11) is 0. The fraction of sp³-hybridized carbons (Fsp3) is 0.533. The van der Waals surface area contributed by atoms with Crippen molar-refractivity contribution in [1.82, 2.24) is 9.97 Å². The highest BCUT2D eigenvalue weighted by molar-refractivity contribution is 5.86. The molecule has 0 spiro atoms. The van der Waals surface area contributed by atoms with Gasteiger partial charge in [0.05, 0.1) is 11.4 Å². The molecule has 2 aliphatic rings. The lowest BCUT2D eigenvalue weighted by Gasteiger charge is -2.37. The zero-order valence-corrected chi connectivity index (χ0v) is 12.1. The van der Waals surface area contributed by atoms with E-state index in [4.69, 9.17) is 10.5 Å². The maximum absolute atomic E-state index is 12.0. The van der Waals surface area contributed by atoms with Crippen molar-refractivity contribution < 1.29 is 9.90 Å². The van der Waals surface area contributed by atoms with Crippen LogP contribution in [0, 0.1) is 28.1 Å². The van der Waals surface area contributed by atoms with Gasteiger partial charge in [0, 0.05) is 5.41 Å². The second-order valence-electron chi connectivity index (χ2n) is 6.51. The lowest BCUT2D eigenvalue weighted by molar-refractivity contribution is -0.148. The largest absolute Gasteiger partial charge is 0.481 e. The highest BCUT2D eigenvalue weighted by atomic mass is 16.4. The van der Waals surface area contributed by atoms with E-state index in [0.717, 1.165) is 0 Å². The van der Waals surface area contributed by atoms with Crippen LogP contribution in [0.1, 0.15) is 56.4 Å². The Labute approximate surface area is 122 Å². The summed E-state index contributed by atoms with van der Waals surface area (Å²) in [5.41, 5.74) is -1.35. The first-order valence-corrected chi connectivity index (χ1v) is 6.73. The third-order valence-electron chi connectivity index (χ3n) is 5.85. The van der Waals surface area contributed by atoms with Gasteiger partial charge in [-0.2, -0.15) is 10.5 Å². The second-order valence-corrected chi connectivity index (χ2v) is 6.51. The standard InChI is InChI=1S/C15H14N4O2/c1-13(2)14(3)4-5-15(13,12(20)21)11-10(14)18-8(6-16)9(7-17)19-11/h4-5H2,1-3H3,(H,20,21)/t14-,15+/m1/s1. The second kappa shape index (κ2) is 3.59. The van der Waals surface area contributed by atoms with Crippen LogP contribution in [-0.4, -0.2) is 21.0 Å². The summed E-state index contributed by atoms with van der Waals surface area (Å²) in [5, 5.41) is 28.1. The molecule has 0 radical (unpaired) electrons. The number of carbonyl (C=O) groups is 1. The highest BCUT2D eigenvalue weighted by Gasteiger charge is 2.73. The van der Waals surface area contributed by atoms with Gasteiger partial charge in [0.25, 0.3) is 0 Å². The Morgan fingerprint density at radius 1 is 1.10 bits per heavy atom. The van der Waals surface area contributed by atoms with Crippen molar-refractivity contribution in [2.45, 2.75) is 44.4 Å². The number of hydrogen-bond acceptors (Lipinski definition) is 5. The van der Waals surface area contributed by atoms with Crippen LogP contribution >= 0.6 is 0 Å². The van der Waals surface area contributed by atoms with E-state index in [9.17, 15) is 9.90 Å². The summed E-state index contributed by atoms with van der Waals surface area (Å²) in [5.74, 6) is -0.933. The van der Waals surface area contributed by atoms with Crippen molar-refractivity contribution in [2.24, 2.45) is 5.41 Å². The predicted molar refractivity (Wildman–Crippen MR) is 71.1 cm³/mol. The Morgan fingerprint density at radius 3 is 2.10 bits per heavy atom. The number of aromatic nitrogens is 2. The number of carboxylic acids is 1. The summed E-state index contributed by atoms with van der Waals surface area (Å²) in [6.45, 7) is 5.80. The monoisotopic (exact) mass is 282 g/mol. The first kappa shape index (κ1) is 13.5. The van der Waals surface area contributed by atoms with E-state index in [0.29, 0.717) is 24.2 Å². The van der Waals surface area contributed by atoms with Crippen molar-refractivity contribution >= 4 is 5.97 Å². The van der Waals surface area contributed by atoms with Gasteiger partial charge in [-0.25, -0.2) is 9.97 Å². The number of fused-ring (bicyclic) bond motifs is 5. The molecule has 0 aromatic carbocycles. The lowest BCUT2D eigenvalue weighted by atomic mass is 9.64. The topological polar surface area (TPSA) is 111 Å². The fourth-order valence-corrected chi connectivity index (χ4v) is 4.11. The van der Waals surface area contributed by atoms with Crippen molar-refractivity contribution in [3.63, 3.8) is 0 Å². The van der Waals surface area contributed by atoms with Gasteiger partial charge in [-0.15, -0.1) is 0 Å². The van der Waals surface area contributed by atoms with Crippen LogP contribution in [-0.2, 0) is 15.6 Å². The average Bonchev–Trinajstić information content (AvgIpc) is 2.74. The molecule has 0 aliphatic heterocycles. The smallest absolute Gasteiger partial charge is 0.316 e. The maximum atomic E-state index is 12.0. The molecule has 2 atom stereocenters. The van der Waals surface area contributed by atoms with Gasteiger partial charge < -0.3 is 5.11 Å². The van der Waals surface area contributed by atoms with E-state index in [1.807, 2.05) is 32.9 Å². The van der Waals surface area contributed by atoms with Crippen LogP contribution in [0.15, 0.2) is 0 Å². The molecule has 106 valence electrons. The van der Waals surface area contributed by atoms with Crippen molar-refractivity contribution in [3.05, 3.63) is 22.8 Å². The molecule has 2 bridgehead atoms. The Hall–Kier alpha value is -2.47. The summed E-state index contributed by atoms with van der Waals surface area (Å²) in [4.78, 5) is 20.6. The summed E-state index contributed by atoms with van der Waals surface area (Å²) in [6.07, 6.45) is 1.16. The van der Waals surface area contributed by atoms with Gasteiger partial charge in [-0.05, 0) is 18.3 Å². The zero-order chi connectivity index (χ0) is 15.6. The Kier molecular flexibility index (Phi) is 2.31. The molecule has 0 unspecified atom stereocenters. The first-order chi connectivity index (χ1) is 9.76. The third kappa shape index (κ3) is 1.15. The van der Waals surface area contributed by atoms with E-state index >= 15 is 0 Å². The van der Waals surface area contributed by atoms with Crippen LogP contribution in [0.2, 0.25) is 0 Å². The van der Waals surface area contributed by atoms with Gasteiger partial charge in [-0.3, -0.25) is 4.79 Å². The number of carboxylic acid groups (broad SMARTS) is 1. The number of rotatable bonds is 1. The van der Waals surface area contributed by atoms with E-state index in [1.165, 1.54) is 0 Å². The van der Waals surface area contributed by atoms with Crippen molar-refractivity contribution in [1.29, 1.82) is 10.5 Å². The van der Waals surface area contributed by atoms with Gasteiger partial charge in [0.1, 0.15) is 17.6 Å². The van der Waals surface area contributed by atoms with Crippen LogP contribution in [0.25, 0.3) is 0 Å². The maximum Gasteiger partial charge on any atom is 0.316 e. The van der Waals surface area contributed by atoms with Crippen LogP contribution < -0.4 is 0 Å². The van der Waals surface area contributed by atoms with Crippen LogP contribution in [0.3, 0.4) is 0 Å². The lowest BCUT2D eigenvalue weighted by Crippen LogP contribution is -2.45. The molecule has 1 fully saturated rings. The molecule has 1 aromatic rings. The van der Waals surface area contributed by atoms with Gasteiger partial charge in [0.2, 0.25) is 0 Å². The van der Waals surface area contributed by atoms with Gasteiger partial charge in [0.15, 0.2) is 11.4 Å². The predicted octanol–water partition coefficient (Wildman–Crippen LogP) is 1.63. The number of nitriles is 2. The molecule has 1 saturated carbocycles. The highest BCUT2D eigenvalue weighted by Crippen LogP contribution is 2.69. The molecule has 2 aliphatic carbocycles. The van der Waals surface area contributed by atoms with E-state index in [2.05, 4.69) is 9.97 Å². The Bertz CT molecular complexity index is 771. The molecular formula is C15H14N4O2. The molecule has 1 heterocycles. The van der Waals surface area contributed by atoms with E-state index in [1.54, 1.807) is 0 Å². The summed E-state index contributed by atoms with van der Waals surface area (Å²) in [6, 6.07) is 3.72. The number of hydrogen-bond donors (Lipinski definition) is 1. The number of aliphatic carboxylic acids is 1. The van der Waals surface area contributed by atoms with Crippen molar-refractivity contribution in [3.8, 4) is 12.1 Å². The van der Waals surface area contributed by atoms with Gasteiger partial charge in [-0.1, -0.05) is 20.8 Å².